The summed E-state index contributed by atoms with van der Waals surface area (Å²) in [4.78, 5) is 2.84. The summed E-state index contributed by atoms with van der Waals surface area (Å²) >= 11 is 1.88. The second kappa shape index (κ2) is 3.19. The average molecular weight is 182 g/mol. The van der Waals surface area contributed by atoms with Gasteiger partial charge >= 0.3 is 0 Å². The molecule has 1 aromatic heterocycles. The molecule has 1 aliphatic carbocycles. The highest BCUT2D eigenvalue weighted by Gasteiger charge is 2.24. The molecule has 1 heterocycles. The van der Waals surface area contributed by atoms with Crippen molar-refractivity contribution >= 4 is 11.3 Å². The first-order valence-electron chi connectivity index (χ1n) is 4.50. The predicted octanol–water partition coefficient (Wildman–Crippen LogP) is 2.68. The van der Waals surface area contributed by atoms with Gasteiger partial charge in [0.1, 0.15) is 0 Å². The highest BCUT2D eigenvalue weighted by atomic mass is 32.1. The van der Waals surface area contributed by atoms with Crippen molar-refractivity contribution in [2.24, 2.45) is 0 Å². The van der Waals surface area contributed by atoms with Crippen molar-refractivity contribution < 1.29 is 5.11 Å². The lowest BCUT2D eigenvalue weighted by atomic mass is 10.1. The lowest BCUT2D eigenvalue weighted by Gasteiger charge is -2.04. The van der Waals surface area contributed by atoms with Gasteiger partial charge in [0, 0.05) is 9.75 Å². The molecule has 2 atom stereocenters. The van der Waals surface area contributed by atoms with Crippen LogP contribution in [0.4, 0.5) is 0 Å². The summed E-state index contributed by atoms with van der Waals surface area (Å²) in [5.74, 6) is 0.638. The van der Waals surface area contributed by atoms with E-state index in [1.54, 1.807) is 0 Å². The molecule has 1 fully saturated rings. The van der Waals surface area contributed by atoms with Gasteiger partial charge in [-0.25, -0.2) is 0 Å². The van der Waals surface area contributed by atoms with E-state index in [1.807, 2.05) is 11.3 Å². The molecule has 1 N–H and O–H groups in total. The molecule has 0 spiro atoms. The van der Waals surface area contributed by atoms with Gasteiger partial charge in [-0.3, -0.25) is 0 Å². The summed E-state index contributed by atoms with van der Waals surface area (Å²) in [6.07, 6.45) is 3.08. The number of aliphatic hydroxyl groups is 1. The van der Waals surface area contributed by atoms with Gasteiger partial charge in [0.05, 0.1) is 6.10 Å². The monoisotopic (exact) mass is 182 g/mol. The molecule has 2 rings (SSSR count). The maximum Gasteiger partial charge on any atom is 0.0546 e. The van der Waals surface area contributed by atoms with Crippen LogP contribution >= 0.6 is 11.3 Å². The normalized spacial score (nSPS) is 29.5. The zero-order valence-electron chi connectivity index (χ0n) is 7.29. The minimum absolute atomic E-state index is 0.0441. The molecule has 1 nitrogen and oxygen atoms in total. The maximum absolute atomic E-state index is 9.37. The van der Waals surface area contributed by atoms with Crippen molar-refractivity contribution in [2.45, 2.75) is 38.2 Å². The quantitative estimate of drug-likeness (QED) is 0.708. The lowest BCUT2D eigenvalue weighted by molar-refractivity contribution is 0.181. The van der Waals surface area contributed by atoms with Crippen molar-refractivity contribution in [3.8, 4) is 0 Å². The molecule has 0 aliphatic heterocycles. The molecule has 0 amide bonds. The number of thiophene rings is 1. The van der Waals surface area contributed by atoms with E-state index in [0.29, 0.717) is 5.92 Å². The molecule has 12 heavy (non-hydrogen) atoms. The molecule has 2 heteroatoms. The Kier molecular flexibility index (Phi) is 2.20. The Morgan fingerprint density at radius 1 is 1.42 bits per heavy atom. The fourth-order valence-corrected chi connectivity index (χ4v) is 2.91. The van der Waals surface area contributed by atoms with E-state index in [9.17, 15) is 5.11 Å². The van der Waals surface area contributed by atoms with Gasteiger partial charge in [0.15, 0.2) is 0 Å². The standard InChI is InChI=1S/C10H14OS/c1-7-2-5-10(12-7)8-3-4-9(11)6-8/h2,5,8-9,11H,3-4,6H2,1H3. The fraction of sp³-hybridized carbons (Fsp3) is 0.600. The first-order chi connectivity index (χ1) is 5.75. The molecule has 2 unspecified atom stereocenters. The highest BCUT2D eigenvalue weighted by molar-refractivity contribution is 7.12. The molecule has 66 valence electrons. The third kappa shape index (κ3) is 1.54. The predicted molar refractivity (Wildman–Crippen MR) is 51.7 cm³/mol. The first-order valence-corrected chi connectivity index (χ1v) is 5.32. The van der Waals surface area contributed by atoms with Crippen molar-refractivity contribution in [3.05, 3.63) is 21.9 Å². The summed E-state index contributed by atoms with van der Waals surface area (Å²) in [7, 11) is 0. The second-order valence-electron chi connectivity index (χ2n) is 3.61. The van der Waals surface area contributed by atoms with Crippen LogP contribution in [0, 0.1) is 6.92 Å². The summed E-state index contributed by atoms with van der Waals surface area (Å²) in [5, 5.41) is 9.37. The molecule has 1 aromatic rings. The molecular formula is C10H14OS. The molecule has 1 aliphatic rings. The highest BCUT2D eigenvalue weighted by Crippen LogP contribution is 2.37. The Morgan fingerprint density at radius 2 is 2.25 bits per heavy atom. The van der Waals surface area contributed by atoms with Gasteiger partial charge in [-0.15, -0.1) is 11.3 Å². The van der Waals surface area contributed by atoms with Crippen molar-refractivity contribution in [1.82, 2.24) is 0 Å². The van der Waals surface area contributed by atoms with Crippen molar-refractivity contribution in [3.63, 3.8) is 0 Å². The van der Waals surface area contributed by atoms with Crippen LogP contribution < -0.4 is 0 Å². The Hall–Kier alpha value is -0.340. The van der Waals surface area contributed by atoms with Gasteiger partial charge in [0.2, 0.25) is 0 Å². The number of hydrogen-bond acceptors (Lipinski definition) is 2. The van der Waals surface area contributed by atoms with Crippen LogP contribution in [0.15, 0.2) is 12.1 Å². The Bertz CT molecular complexity index is 267. The third-order valence-corrected chi connectivity index (χ3v) is 3.73. The molecule has 1 saturated carbocycles. The first kappa shape index (κ1) is 8.27. The fourth-order valence-electron chi connectivity index (χ4n) is 1.89. The summed E-state index contributed by atoms with van der Waals surface area (Å²) in [6, 6.07) is 4.38. The number of hydrogen-bond donors (Lipinski definition) is 1. The number of aliphatic hydroxyl groups excluding tert-OH is 1. The van der Waals surface area contributed by atoms with Crippen LogP contribution in [0.5, 0.6) is 0 Å². The van der Waals surface area contributed by atoms with Crippen molar-refractivity contribution in [1.29, 1.82) is 0 Å². The zero-order chi connectivity index (χ0) is 8.55. The number of rotatable bonds is 1. The van der Waals surface area contributed by atoms with E-state index < -0.39 is 0 Å². The zero-order valence-corrected chi connectivity index (χ0v) is 8.10. The van der Waals surface area contributed by atoms with Gasteiger partial charge in [-0.05, 0) is 44.2 Å². The van der Waals surface area contributed by atoms with Crippen LogP contribution in [0.2, 0.25) is 0 Å². The van der Waals surface area contributed by atoms with Crippen molar-refractivity contribution in [2.75, 3.05) is 0 Å². The van der Waals surface area contributed by atoms with E-state index in [-0.39, 0.29) is 6.10 Å². The second-order valence-corrected chi connectivity index (χ2v) is 4.93. The SMILES string of the molecule is Cc1ccc(C2CCC(O)C2)s1. The lowest BCUT2D eigenvalue weighted by Crippen LogP contribution is -1.98. The van der Waals surface area contributed by atoms with Crippen LogP contribution in [-0.4, -0.2) is 11.2 Å². The summed E-state index contributed by atoms with van der Waals surface area (Å²) in [5.41, 5.74) is 0. The van der Waals surface area contributed by atoms with Crippen LogP contribution in [0.25, 0.3) is 0 Å². The van der Waals surface area contributed by atoms with Gasteiger partial charge < -0.3 is 5.11 Å². The van der Waals surface area contributed by atoms with E-state index in [2.05, 4.69) is 19.1 Å². The molecule has 0 aromatic carbocycles. The molecule has 0 saturated heterocycles. The van der Waals surface area contributed by atoms with E-state index in [1.165, 1.54) is 16.2 Å². The smallest absolute Gasteiger partial charge is 0.0546 e. The van der Waals surface area contributed by atoms with Gasteiger partial charge in [-0.1, -0.05) is 0 Å². The third-order valence-electron chi connectivity index (χ3n) is 2.57. The minimum atomic E-state index is -0.0441. The van der Waals surface area contributed by atoms with Crippen LogP contribution in [-0.2, 0) is 0 Å². The van der Waals surface area contributed by atoms with Crippen LogP contribution in [0.3, 0.4) is 0 Å². The Balaban J connectivity index is 2.11. The van der Waals surface area contributed by atoms with Gasteiger partial charge in [0.25, 0.3) is 0 Å². The average Bonchev–Trinajstić information content (AvgIpc) is 2.58. The van der Waals surface area contributed by atoms with E-state index >= 15 is 0 Å². The van der Waals surface area contributed by atoms with E-state index in [4.69, 9.17) is 0 Å². The molecular weight excluding hydrogens is 168 g/mol. The Morgan fingerprint density at radius 3 is 2.75 bits per heavy atom. The molecule has 0 bridgehead atoms. The molecule has 0 radical (unpaired) electrons. The van der Waals surface area contributed by atoms with Crippen LogP contribution in [0.1, 0.15) is 34.9 Å². The topological polar surface area (TPSA) is 20.2 Å². The number of aryl methyl sites for hydroxylation is 1. The Labute approximate surface area is 77.0 Å². The largest absolute Gasteiger partial charge is 0.393 e. The summed E-state index contributed by atoms with van der Waals surface area (Å²) < 4.78 is 0. The minimum Gasteiger partial charge on any atom is -0.393 e. The van der Waals surface area contributed by atoms with E-state index in [0.717, 1.165) is 12.8 Å². The maximum atomic E-state index is 9.37. The summed E-state index contributed by atoms with van der Waals surface area (Å²) in [6.45, 7) is 2.14. The van der Waals surface area contributed by atoms with Gasteiger partial charge in [-0.2, -0.15) is 0 Å².